The Kier molecular flexibility index (Phi) is 10.4. The molecule has 0 saturated heterocycles. The maximum atomic E-state index is 12.6. The van der Waals surface area contributed by atoms with Gasteiger partial charge in [0.1, 0.15) is 5.75 Å². The summed E-state index contributed by atoms with van der Waals surface area (Å²) in [7, 11) is 3.32. The number of guanidine groups is 1. The fraction of sp³-hybridized carbons (Fsp3) is 0.409. The molecule has 0 amide bonds. The third-order valence-corrected chi connectivity index (χ3v) is 4.07. The van der Waals surface area contributed by atoms with Gasteiger partial charge < -0.3 is 29.6 Å². The van der Waals surface area contributed by atoms with E-state index in [-0.39, 0.29) is 11.5 Å². The highest BCUT2D eigenvalue weighted by Gasteiger charge is 2.12. The molecule has 0 atom stereocenters. The maximum absolute atomic E-state index is 12.6. The molecule has 0 aliphatic rings. The Labute approximate surface area is 181 Å². The van der Waals surface area contributed by atoms with Crippen LogP contribution in [0.3, 0.4) is 0 Å². The summed E-state index contributed by atoms with van der Waals surface area (Å²) >= 11 is 0. The minimum absolute atomic E-state index is 0.00502. The summed E-state index contributed by atoms with van der Waals surface area (Å²) in [4.78, 5) is 4.21. The van der Waals surface area contributed by atoms with E-state index in [0.29, 0.717) is 32.3 Å². The lowest BCUT2D eigenvalue weighted by atomic mass is 10.2. The number of benzene rings is 2. The Bertz CT molecular complexity index is 834. The highest BCUT2D eigenvalue weighted by atomic mass is 19.3. The van der Waals surface area contributed by atoms with E-state index < -0.39 is 6.61 Å². The number of alkyl halides is 2. The van der Waals surface area contributed by atoms with Crippen molar-refractivity contribution >= 4 is 11.6 Å². The van der Waals surface area contributed by atoms with Gasteiger partial charge in [-0.3, -0.25) is 4.99 Å². The number of nitrogens with zero attached hydrogens (tertiary/aromatic N) is 1. The summed E-state index contributed by atoms with van der Waals surface area (Å²) in [6, 6.07) is 12.4. The molecule has 0 heterocycles. The monoisotopic (exact) mass is 437 g/mol. The van der Waals surface area contributed by atoms with Crippen LogP contribution in [0, 0.1) is 0 Å². The Morgan fingerprint density at radius 2 is 1.90 bits per heavy atom. The van der Waals surface area contributed by atoms with Gasteiger partial charge in [0.2, 0.25) is 0 Å². The molecule has 0 fully saturated rings. The summed E-state index contributed by atoms with van der Waals surface area (Å²) in [5.74, 6) is 1.56. The molecule has 0 aliphatic heterocycles. The number of rotatable bonds is 12. The van der Waals surface area contributed by atoms with Crippen LogP contribution in [0.5, 0.6) is 17.2 Å². The van der Waals surface area contributed by atoms with E-state index >= 15 is 0 Å². The van der Waals surface area contributed by atoms with Crippen LogP contribution in [0.25, 0.3) is 0 Å². The molecule has 170 valence electrons. The number of halogens is 2. The Hall–Kier alpha value is -3.07. The number of hydrogen-bond acceptors (Lipinski definition) is 5. The van der Waals surface area contributed by atoms with Crippen LogP contribution in [-0.2, 0) is 11.3 Å². The van der Waals surface area contributed by atoms with Crippen LogP contribution in [0.2, 0.25) is 0 Å². The molecule has 0 bridgehead atoms. The number of methoxy groups -OCH3 is 1. The van der Waals surface area contributed by atoms with Gasteiger partial charge in [-0.1, -0.05) is 12.1 Å². The zero-order valence-electron chi connectivity index (χ0n) is 18.0. The smallest absolute Gasteiger partial charge is 0.387 e. The van der Waals surface area contributed by atoms with Crippen LogP contribution in [0.15, 0.2) is 47.5 Å². The molecule has 2 N–H and O–H groups in total. The standard InChI is InChI=1S/C22H29F2N3O4/c1-4-29-20-13-16(9-10-19(20)31-21(23)24)15-26-22(25-2)27-17-7-5-8-18(14-17)30-12-6-11-28-3/h5,7-10,13-14,21H,4,6,11-12,15H2,1-3H3,(H2,25,26,27). The normalized spacial score (nSPS) is 11.4. The van der Waals surface area contributed by atoms with Gasteiger partial charge in [0, 0.05) is 45.5 Å². The predicted octanol–water partition coefficient (Wildman–Crippen LogP) is 4.29. The maximum Gasteiger partial charge on any atom is 0.387 e. The van der Waals surface area contributed by atoms with Crippen LogP contribution in [-0.4, -0.2) is 46.5 Å². The quantitative estimate of drug-likeness (QED) is 0.293. The second-order valence-corrected chi connectivity index (χ2v) is 6.37. The fourth-order valence-corrected chi connectivity index (χ4v) is 2.68. The van der Waals surface area contributed by atoms with Crippen molar-refractivity contribution in [3.05, 3.63) is 48.0 Å². The Balaban J connectivity index is 1.96. The number of ether oxygens (including phenoxy) is 4. The van der Waals surface area contributed by atoms with E-state index in [1.54, 1.807) is 33.2 Å². The van der Waals surface area contributed by atoms with E-state index in [1.165, 1.54) is 6.07 Å². The van der Waals surface area contributed by atoms with Gasteiger partial charge in [0.15, 0.2) is 17.5 Å². The summed E-state index contributed by atoms with van der Waals surface area (Å²) in [6.07, 6.45) is 0.808. The van der Waals surface area contributed by atoms with Gasteiger partial charge in [0.05, 0.1) is 13.2 Å². The van der Waals surface area contributed by atoms with E-state index in [1.807, 2.05) is 24.3 Å². The average molecular weight is 437 g/mol. The molecule has 0 spiro atoms. The van der Waals surface area contributed by atoms with E-state index in [9.17, 15) is 8.78 Å². The minimum atomic E-state index is -2.91. The first-order chi connectivity index (χ1) is 15.0. The minimum Gasteiger partial charge on any atom is -0.493 e. The first-order valence-electron chi connectivity index (χ1n) is 9.95. The van der Waals surface area contributed by atoms with Crippen LogP contribution >= 0.6 is 0 Å². The molecular weight excluding hydrogens is 408 g/mol. The molecule has 2 aromatic rings. The average Bonchev–Trinajstić information content (AvgIpc) is 2.76. The Morgan fingerprint density at radius 1 is 1.06 bits per heavy atom. The molecule has 2 aromatic carbocycles. The molecule has 0 saturated carbocycles. The van der Waals surface area contributed by atoms with Crippen LogP contribution in [0.4, 0.5) is 14.5 Å². The third-order valence-electron chi connectivity index (χ3n) is 4.07. The van der Waals surface area contributed by atoms with E-state index in [0.717, 1.165) is 23.4 Å². The van der Waals surface area contributed by atoms with E-state index in [2.05, 4.69) is 20.4 Å². The fourth-order valence-electron chi connectivity index (χ4n) is 2.68. The summed E-state index contributed by atoms with van der Waals surface area (Å²) < 4.78 is 45.7. The predicted molar refractivity (Wildman–Crippen MR) is 116 cm³/mol. The van der Waals surface area contributed by atoms with Crippen LogP contribution in [0.1, 0.15) is 18.9 Å². The van der Waals surface area contributed by atoms with Crippen molar-refractivity contribution in [3.8, 4) is 17.2 Å². The molecule has 31 heavy (non-hydrogen) atoms. The van der Waals surface area contributed by atoms with Gasteiger partial charge in [-0.15, -0.1) is 0 Å². The molecule has 2 rings (SSSR count). The molecule has 9 heteroatoms. The second kappa shape index (κ2) is 13.3. The first kappa shape index (κ1) is 24.2. The van der Waals surface area contributed by atoms with Crippen molar-refractivity contribution in [3.63, 3.8) is 0 Å². The van der Waals surface area contributed by atoms with Gasteiger partial charge in [0.25, 0.3) is 0 Å². The van der Waals surface area contributed by atoms with Crippen molar-refractivity contribution in [1.82, 2.24) is 5.32 Å². The summed E-state index contributed by atoms with van der Waals surface area (Å²) in [5.41, 5.74) is 1.64. The molecule has 7 nitrogen and oxygen atoms in total. The van der Waals surface area contributed by atoms with Gasteiger partial charge >= 0.3 is 6.61 Å². The molecule has 0 radical (unpaired) electrons. The van der Waals surface area contributed by atoms with Gasteiger partial charge in [-0.2, -0.15) is 8.78 Å². The lowest BCUT2D eigenvalue weighted by molar-refractivity contribution is -0.0514. The first-order valence-corrected chi connectivity index (χ1v) is 9.95. The second-order valence-electron chi connectivity index (χ2n) is 6.37. The number of aliphatic imine (C=N–C) groups is 1. The molecule has 0 unspecified atom stereocenters. The van der Waals surface area contributed by atoms with Crippen molar-refractivity contribution in [1.29, 1.82) is 0 Å². The van der Waals surface area contributed by atoms with Crippen molar-refractivity contribution < 1.29 is 27.7 Å². The number of nitrogens with one attached hydrogen (secondary N) is 2. The zero-order valence-corrected chi connectivity index (χ0v) is 18.0. The van der Waals surface area contributed by atoms with Crippen molar-refractivity contribution in [2.75, 3.05) is 39.3 Å². The highest BCUT2D eigenvalue weighted by Crippen LogP contribution is 2.30. The summed E-state index contributed by atoms with van der Waals surface area (Å²) in [5, 5.41) is 6.38. The van der Waals surface area contributed by atoms with Crippen LogP contribution < -0.4 is 24.8 Å². The summed E-state index contributed by atoms with van der Waals surface area (Å²) in [6.45, 7) is 0.821. The van der Waals surface area contributed by atoms with Crippen molar-refractivity contribution in [2.24, 2.45) is 4.99 Å². The Morgan fingerprint density at radius 3 is 2.61 bits per heavy atom. The largest absolute Gasteiger partial charge is 0.493 e. The topological polar surface area (TPSA) is 73.3 Å². The molecular formula is C22H29F2N3O4. The lowest BCUT2D eigenvalue weighted by Crippen LogP contribution is -2.30. The van der Waals surface area contributed by atoms with E-state index in [4.69, 9.17) is 14.2 Å². The molecule has 0 aliphatic carbocycles. The third kappa shape index (κ3) is 8.67. The number of hydrogen-bond donors (Lipinski definition) is 2. The SMILES string of the molecule is CCOc1cc(CNC(=NC)Nc2cccc(OCCCOC)c2)ccc1OC(F)F. The number of anilines is 1. The highest BCUT2D eigenvalue weighted by molar-refractivity contribution is 5.93. The van der Waals surface area contributed by atoms with Gasteiger partial charge in [-0.05, 0) is 36.8 Å². The van der Waals surface area contributed by atoms with Crippen molar-refractivity contribution in [2.45, 2.75) is 26.5 Å². The zero-order chi connectivity index (χ0) is 22.5. The van der Waals surface area contributed by atoms with Gasteiger partial charge in [-0.25, -0.2) is 0 Å². The lowest BCUT2D eigenvalue weighted by Gasteiger charge is -2.15. The molecule has 0 aromatic heterocycles.